The van der Waals surface area contributed by atoms with E-state index in [1.165, 1.54) is 0 Å². The van der Waals surface area contributed by atoms with E-state index in [1.807, 2.05) is 0 Å². The molecule has 6 heteroatoms. The lowest BCUT2D eigenvalue weighted by atomic mass is 10.1. The molecule has 3 rings (SSSR count). The lowest BCUT2D eigenvalue weighted by Gasteiger charge is -2.34. The molecule has 11 heavy (non-hydrogen) atoms. The maximum absolute atomic E-state index is 9.49. The molecule has 62 valence electrons. The maximum Gasteiger partial charge on any atom is 0.336 e. The van der Waals surface area contributed by atoms with E-state index in [0.717, 1.165) is 0 Å². The Hall–Kier alpha value is 0.230. The molecule has 0 saturated carbocycles. The fourth-order valence-corrected chi connectivity index (χ4v) is 2.75. The number of fused-ring (bicyclic) bond motifs is 2. The number of rotatable bonds is 0. The average Bonchev–Trinajstić information content (AvgIpc) is 2.19. The van der Waals surface area contributed by atoms with Gasteiger partial charge in [-0.3, -0.25) is 4.52 Å². The average molecular weight is 178 g/mol. The molecule has 0 radical (unpaired) electrons. The lowest BCUT2D eigenvalue weighted by Crippen LogP contribution is -2.52. The van der Waals surface area contributed by atoms with Crippen LogP contribution in [0.4, 0.5) is 0 Å². The van der Waals surface area contributed by atoms with Gasteiger partial charge in [0.1, 0.15) is 18.3 Å². The van der Waals surface area contributed by atoms with Gasteiger partial charge in [-0.25, -0.2) is 0 Å². The molecule has 5 nitrogen and oxygen atoms in total. The summed E-state index contributed by atoms with van der Waals surface area (Å²) >= 11 is 0. The molecule has 0 aliphatic carbocycles. The molecule has 5 atom stereocenters. The number of hydrogen-bond donors (Lipinski definition) is 1. The summed E-state index contributed by atoms with van der Waals surface area (Å²) in [5, 5.41) is 9.49. The van der Waals surface area contributed by atoms with Crippen LogP contribution in [0.2, 0.25) is 0 Å². The van der Waals surface area contributed by atoms with Crippen LogP contribution in [0, 0.1) is 0 Å². The zero-order valence-corrected chi connectivity index (χ0v) is 6.44. The molecule has 5 unspecified atom stereocenters. The van der Waals surface area contributed by atoms with Crippen molar-refractivity contribution in [1.82, 2.24) is 0 Å². The van der Waals surface area contributed by atoms with Crippen LogP contribution < -0.4 is 0 Å². The Balaban J connectivity index is 1.96. The second kappa shape index (κ2) is 2.13. The summed E-state index contributed by atoms with van der Waals surface area (Å²) in [7, 11) is -1.22. The highest BCUT2D eigenvalue weighted by molar-refractivity contribution is 7.42. The first-order valence-electron chi connectivity index (χ1n) is 3.45. The zero-order chi connectivity index (χ0) is 7.42. The van der Waals surface area contributed by atoms with Crippen molar-refractivity contribution in [1.29, 1.82) is 0 Å². The van der Waals surface area contributed by atoms with Crippen LogP contribution in [-0.2, 0) is 18.3 Å². The summed E-state index contributed by atoms with van der Waals surface area (Å²) < 4.78 is 20.8. The van der Waals surface area contributed by atoms with Crippen LogP contribution in [-0.4, -0.2) is 36.3 Å². The molecule has 0 aromatic carbocycles. The van der Waals surface area contributed by atoms with E-state index in [2.05, 4.69) is 0 Å². The predicted molar refractivity (Wildman–Crippen MR) is 33.5 cm³/mol. The van der Waals surface area contributed by atoms with Gasteiger partial charge in [-0.15, -0.1) is 0 Å². The molecule has 3 heterocycles. The minimum absolute atomic E-state index is 0.251. The Morgan fingerprint density at radius 2 is 2.18 bits per heavy atom. The molecule has 1 N–H and O–H groups in total. The number of ether oxygens (including phenoxy) is 1. The summed E-state index contributed by atoms with van der Waals surface area (Å²) in [5.41, 5.74) is 0. The van der Waals surface area contributed by atoms with Gasteiger partial charge in [-0.1, -0.05) is 0 Å². The SMILES string of the molecule is OC1C2COC3OP(O2)OC31. The number of hydrogen-bond acceptors (Lipinski definition) is 5. The molecule has 0 spiro atoms. The van der Waals surface area contributed by atoms with Crippen molar-refractivity contribution in [3.63, 3.8) is 0 Å². The molecular weight excluding hydrogens is 171 g/mol. The van der Waals surface area contributed by atoms with Crippen molar-refractivity contribution in [2.45, 2.75) is 24.6 Å². The molecule has 3 saturated heterocycles. The maximum atomic E-state index is 9.49. The Morgan fingerprint density at radius 3 is 3.09 bits per heavy atom. The Kier molecular flexibility index (Phi) is 1.30. The largest absolute Gasteiger partial charge is 0.387 e. The van der Waals surface area contributed by atoms with E-state index in [4.69, 9.17) is 18.3 Å². The van der Waals surface area contributed by atoms with Crippen LogP contribution in [0.15, 0.2) is 0 Å². The van der Waals surface area contributed by atoms with E-state index < -0.39 is 21.0 Å². The quantitative estimate of drug-likeness (QED) is 0.518. The highest BCUT2D eigenvalue weighted by Gasteiger charge is 2.55. The van der Waals surface area contributed by atoms with Gasteiger partial charge in [-0.05, 0) is 0 Å². The van der Waals surface area contributed by atoms with E-state index >= 15 is 0 Å². The zero-order valence-electron chi connectivity index (χ0n) is 5.54. The van der Waals surface area contributed by atoms with E-state index in [-0.39, 0.29) is 12.2 Å². The first kappa shape index (κ1) is 6.71. The van der Waals surface area contributed by atoms with Crippen LogP contribution in [0.1, 0.15) is 0 Å². The van der Waals surface area contributed by atoms with Crippen molar-refractivity contribution in [3.8, 4) is 0 Å². The molecule has 0 aromatic rings. The molecule has 0 amide bonds. The first-order chi connectivity index (χ1) is 5.34. The van der Waals surface area contributed by atoms with Crippen LogP contribution >= 0.6 is 8.60 Å². The topological polar surface area (TPSA) is 57.2 Å². The van der Waals surface area contributed by atoms with Gasteiger partial charge < -0.3 is 18.9 Å². The number of aliphatic hydroxyl groups is 1. The van der Waals surface area contributed by atoms with Gasteiger partial charge >= 0.3 is 8.60 Å². The van der Waals surface area contributed by atoms with Gasteiger partial charge in [0.2, 0.25) is 0 Å². The monoisotopic (exact) mass is 178 g/mol. The lowest BCUT2D eigenvalue weighted by molar-refractivity contribution is -0.198. The van der Waals surface area contributed by atoms with Crippen molar-refractivity contribution in [2.24, 2.45) is 0 Å². The van der Waals surface area contributed by atoms with Crippen molar-refractivity contribution >= 4 is 8.60 Å². The summed E-state index contributed by atoms with van der Waals surface area (Å²) in [4.78, 5) is 0. The third-order valence-electron chi connectivity index (χ3n) is 2.03. The molecule has 3 bridgehead atoms. The standard InChI is InChI=1S/C5H7O5P/c6-3-2-1-7-5-4(3)9-11(8-2)10-5/h2-6H,1H2. The fraction of sp³-hybridized carbons (Fsp3) is 1.00. The minimum Gasteiger partial charge on any atom is -0.387 e. The third kappa shape index (κ3) is 0.811. The molecule has 3 aliphatic rings. The van der Waals surface area contributed by atoms with Gasteiger partial charge in [0.25, 0.3) is 0 Å². The molecule has 3 aliphatic heterocycles. The molecular formula is C5H7O5P. The molecule has 3 fully saturated rings. The predicted octanol–water partition coefficient (Wildman–Crippen LogP) is -0.255. The van der Waals surface area contributed by atoms with Crippen LogP contribution in [0.25, 0.3) is 0 Å². The van der Waals surface area contributed by atoms with Gasteiger partial charge in [-0.2, -0.15) is 0 Å². The highest BCUT2D eigenvalue weighted by Crippen LogP contribution is 2.57. The number of aliphatic hydroxyl groups excluding tert-OH is 1. The summed E-state index contributed by atoms with van der Waals surface area (Å²) in [6.07, 6.45) is -1.57. The van der Waals surface area contributed by atoms with Crippen molar-refractivity contribution < 1.29 is 23.4 Å². The van der Waals surface area contributed by atoms with E-state index in [9.17, 15) is 5.11 Å². The van der Waals surface area contributed by atoms with E-state index in [1.54, 1.807) is 0 Å². The Morgan fingerprint density at radius 1 is 1.27 bits per heavy atom. The summed E-state index contributed by atoms with van der Waals surface area (Å²) in [5.74, 6) is 0. The molecule has 0 aromatic heterocycles. The van der Waals surface area contributed by atoms with Crippen molar-refractivity contribution in [3.05, 3.63) is 0 Å². The first-order valence-corrected chi connectivity index (χ1v) is 4.54. The van der Waals surface area contributed by atoms with Crippen LogP contribution in [0.5, 0.6) is 0 Å². The Labute approximate surface area is 64.2 Å². The normalized spacial score (nSPS) is 60.3. The van der Waals surface area contributed by atoms with Gasteiger partial charge in [0, 0.05) is 0 Å². The minimum atomic E-state index is -1.22. The van der Waals surface area contributed by atoms with Crippen LogP contribution in [0.3, 0.4) is 0 Å². The second-order valence-electron chi connectivity index (χ2n) is 2.74. The highest BCUT2D eigenvalue weighted by atomic mass is 31.2. The smallest absolute Gasteiger partial charge is 0.336 e. The van der Waals surface area contributed by atoms with E-state index in [0.29, 0.717) is 6.61 Å². The summed E-state index contributed by atoms with van der Waals surface area (Å²) in [6.45, 7) is 0.407. The summed E-state index contributed by atoms with van der Waals surface area (Å²) in [6, 6.07) is 0. The third-order valence-corrected chi connectivity index (χ3v) is 3.27. The fourth-order valence-electron chi connectivity index (χ4n) is 1.42. The van der Waals surface area contributed by atoms with Gasteiger partial charge in [0.15, 0.2) is 6.29 Å². The van der Waals surface area contributed by atoms with Gasteiger partial charge in [0.05, 0.1) is 6.61 Å². The Bertz CT molecular complexity index is 182. The van der Waals surface area contributed by atoms with Crippen molar-refractivity contribution in [2.75, 3.05) is 6.61 Å². The second-order valence-corrected chi connectivity index (χ2v) is 3.81.